The molecule has 1 aromatic heterocycles. The molecular formula is C21H21N3O2. The number of hydrogen-bond donors (Lipinski definition) is 2. The lowest BCUT2D eigenvalue weighted by atomic mass is 10.1. The van der Waals surface area contributed by atoms with E-state index in [1.54, 1.807) is 0 Å². The highest BCUT2D eigenvalue weighted by atomic mass is 16.2. The molecule has 1 saturated heterocycles. The van der Waals surface area contributed by atoms with E-state index in [9.17, 15) is 9.59 Å². The van der Waals surface area contributed by atoms with Crippen LogP contribution in [0.15, 0.2) is 60.7 Å². The molecule has 4 rings (SSSR count). The largest absolute Gasteiger partial charge is 0.354 e. The van der Waals surface area contributed by atoms with Crippen LogP contribution in [0.25, 0.3) is 22.2 Å². The molecule has 0 bridgehead atoms. The zero-order chi connectivity index (χ0) is 17.9. The molecule has 3 aromatic rings. The third kappa shape index (κ3) is 3.20. The van der Waals surface area contributed by atoms with Gasteiger partial charge in [0.2, 0.25) is 11.8 Å². The first kappa shape index (κ1) is 16.4. The molecule has 2 N–H and O–H groups in total. The Balaban J connectivity index is 1.64. The van der Waals surface area contributed by atoms with Crippen molar-refractivity contribution in [2.75, 3.05) is 6.54 Å². The van der Waals surface area contributed by atoms with Crippen molar-refractivity contribution in [1.82, 2.24) is 15.2 Å². The number of rotatable bonds is 4. The summed E-state index contributed by atoms with van der Waals surface area (Å²) < 4.78 is 2.01. The molecule has 2 heterocycles. The van der Waals surface area contributed by atoms with Gasteiger partial charge in [-0.15, -0.1) is 0 Å². The molecule has 26 heavy (non-hydrogen) atoms. The van der Waals surface area contributed by atoms with Crippen LogP contribution in [-0.4, -0.2) is 29.0 Å². The zero-order valence-electron chi connectivity index (χ0n) is 14.4. The normalized spacial score (nSPS) is 17.1. The minimum Gasteiger partial charge on any atom is -0.354 e. The summed E-state index contributed by atoms with van der Waals surface area (Å²) in [6, 6.07) is 19.7. The maximum Gasteiger partial charge on any atom is 0.242 e. The number of carbonyl (C=O) groups is 2. The van der Waals surface area contributed by atoms with Gasteiger partial charge in [0.15, 0.2) is 0 Å². The Hall–Kier alpha value is -3.08. The Labute approximate surface area is 152 Å². The summed E-state index contributed by atoms with van der Waals surface area (Å²) in [4.78, 5) is 24.5. The van der Waals surface area contributed by atoms with Gasteiger partial charge in [0.1, 0.15) is 12.6 Å². The first-order chi connectivity index (χ1) is 12.7. The predicted octanol–water partition coefficient (Wildman–Crippen LogP) is 2.70. The molecule has 0 aliphatic carbocycles. The van der Waals surface area contributed by atoms with Crippen LogP contribution in [0.1, 0.15) is 12.8 Å². The molecule has 1 aliphatic rings. The van der Waals surface area contributed by atoms with Crippen LogP contribution in [-0.2, 0) is 16.1 Å². The minimum atomic E-state index is -0.432. The van der Waals surface area contributed by atoms with Gasteiger partial charge in [-0.1, -0.05) is 48.5 Å². The second kappa shape index (κ2) is 7.04. The molecule has 0 unspecified atom stereocenters. The Kier molecular flexibility index (Phi) is 4.44. The Morgan fingerprint density at radius 1 is 1.12 bits per heavy atom. The third-order valence-electron chi connectivity index (χ3n) is 4.80. The zero-order valence-corrected chi connectivity index (χ0v) is 14.4. The van der Waals surface area contributed by atoms with Crippen molar-refractivity contribution >= 4 is 22.7 Å². The highest BCUT2D eigenvalue weighted by Crippen LogP contribution is 2.28. The van der Waals surface area contributed by atoms with Crippen molar-refractivity contribution in [3.05, 3.63) is 60.7 Å². The number of amides is 2. The first-order valence-electron chi connectivity index (χ1n) is 8.93. The lowest BCUT2D eigenvalue weighted by Crippen LogP contribution is -2.50. The van der Waals surface area contributed by atoms with Crippen molar-refractivity contribution < 1.29 is 9.59 Å². The molecule has 1 atom stereocenters. The quantitative estimate of drug-likeness (QED) is 0.762. The molecule has 1 fully saturated rings. The van der Waals surface area contributed by atoms with E-state index in [1.807, 2.05) is 59.2 Å². The van der Waals surface area contributed by atoms with Crippen LogP contribution in [0.5, 0.6) is 0 Å². The van der Waals surface area contributed by atoms with Gasteiger partial charge in [-0.3, -0.25) is 9.59 Å². The Bertz CT molecular complexity index is 946. The monoisotopic (exact) mass is 347 g/mol. The van der Waals surface area contributed by atoms with E-state index < -0.39 is 6.04 Å². The number of nitrogens with one attached hydrogen (secondary N) is 2. The molecule has 0 radical (unpaired) electrons. The SMILES string of the molecule is O=C(Cn1c(-c2ccccc2)cc2ccccc21)N[C@H]1CCCNC1=O. The van der Waals surface area contributed by atoms with Gasteiger partial charge in [0.25, 0.3) is 0 Å². The van der Waals surface area contributed by atoms with Gasteiger partial charge in [-0.25, -0.2) is 0 Å². The van der Waals surface area contributed by atoms with E-state index in [4.69, 9.17) is 0 Å². The number of nitrogens with zero attached hydrogens (tertiary/aromatic N) is 1. The second-order valence-electron chi connectivity index (χ2n) is 6.59. The van der Waals surface area contributed by atoms with Gasteiger partial charge in [0, 0.05) is 23.1 Å². The first-order valence-corrected chi connectivity index (χ1v) is 8.93. The van der Waals surface area contributed by atoms with E-state index in [2.05, 4.69) is 16.7 Å². The molecule has 0 spiro atoms. The Morgan fingerprint density at radius 3 is 2.69 bits per heavy atom. The van der Waals surface area contributed by atoms with Crippen LogP contribution < -0.4 is 10.6 Å². The lowest BCUT2D eigenvalue weighted by Gasteiger charge is -2.23. The number of para-hydroxylation sites is 1. The summed E-state index contributed by atoms with van der Waals surface area (Å²) in [5.74, 6) is -0.240. The highest BCUT2D eigenvalue weighted by molar-refractivity contribution is 5.91. The van der Waals surface area contributed by atoms with Crippen molar-refractivity contribution in [2.24, 2.45) is 0 Å². The van der Waals surface area contributed by atoms with Crippen molar-refractivity contribution in [3.8, 4) is 11.3 Å². The molecule has 132 valence electrons. The van der Waals surface area contributed by atoms with Crippen LogP contribution in [0.3, 0.4) is 0 Å². The smallest absolute Gasteiger partial charge is 0.242 e. The van der Waals surface area contributed by atoms with E-state index >= 15 is 0 Å². The number of hydrogen-bond acceptors (Lipinski definition) is 2. The number of carbonyl (C=O) groups excluding carboxylic acids is 2. The van der Waals surface area contributed by atoms with Gasteiger partial charge in [-0.05, 0) is 30.5 Å². The van der Waals surface area contributed by atoms with E-state index in [0.717, 1.165) is 28.6 Å². The fourth-order valence-corrected chi connectivity index (χ4v) is 3.52. The fraction of sp³-hybridized carbons (Fsp3) is 0.238. The summed E-state index contributed by atoms with van der Waals surface area (Å²) in [6.45, 7) is 0.868. The van der Waals surface area contributed by atoms with Crippen LogP contribution in [0.2, 0.25) is 0 Å². The fourth-order valence-electron chi connectivity index (χ4n) is 3.52. The summed E-state index contributed by atoms with van der Waals surface area (Å²) in [7, 11) is 0. The maximum absolute atomic E-state index is 12.6. The predicted molar refractivity (Wildman–Crippen MR) is 102 cm³/mol. The number of piperidine rings is 1. The summed E-state index contributed by atoms with van der Waals surface area (Å²) in [5, 5.41) is 6.77. The number of aromatic nitrogens is 1. The van der Waals surface area contributed by atoms with Crippen LogP contribution >= 0.6 is 0 Å². The van der Waals surface area contributed by atoms with Gasteiger partial charge >= 0.3 is 0 Å². The maximum atomic E-state index is 12.6. The molecule has 2 aromatic carbocycles. The van der Waals surface area contributed by atoms with Crippen LogP contribution in [0.4, 0.5) is 0 Å². The Morgan fingerprint density at radius 2 is 1.88 bits per heavy atom. The topological polar surface area (TPSA) is 63.1 Å². The van der Waals surface area contributed by atoms with Crippen LogP contribution in [0, 0.1) is 0 Å². The van der Waals surface area contributed by atoms with Crippen molar-refractivity contribution in [1.29, 1.82) is 0 Å². The van der Waals surface area contributed by atoms with Crippen molar-refractivity contribution in [3.63, 3.8) is 0 Å². The van der Waals surface area contributed by atoms with E-state index in [0.29, 0.717) is 13.0 Å². The molecule has 2 amide bonds. The highest BCUT2D eigenvalue weighted by Gasteiger charge is 2.24. The minimum absolute atomic E-state index is 0.0924. The summed E-state index contributed by atoms with van der Waals surface area (Å²) in [5.41, 5.74) is 3.07. The van der Waals surface area contributed by atoms with Gasteiger partial charge in [0.05, 0.1) is 0 Å². The average molecular weight is 347 g/mol. The molecule has 0 saturated carbocycles. The number of fused-ring (bicyclic) bond motifs is 1. The molecule has 5 nitrogen and oxygen atoms in total. The summed E-state index contributed by atoms with van der Waals surface area (Å²) >= 11 is 0. The molecule has 1 aliphatic heterocycles. The lowest BCUT2D eigenvalue weighted by molar-refractivity contribution is -0.130. The molecule has 5 heteroatoms. The van der Waals surface area contributed by atoms with E-state index in [-0.39, 0.29) is 18.4 Å². The van der Waals surface area contributed by atoms with Gasteiger partial charge < -0.3 is 15.2 Å². The van der Waals surface area contributed by atoms with Gasteiger partial charge in [-0.2, -0.15) is 0 Å². The van der Waals surface area contributed by atoms with E-state index in [1.165, 1.54) is 0 Å². The van der Waals surface area contributed by atoms with Crippen molar-refractivity contribution in [2.45, 2.75) is 25.4 Å². The summed E-state index contributed by atoms with van der Waals surface area (Å²) in [6.07, 6.45) is 1.58. The third-order valence-corrected chi connectivity index (χ3v) is 4.80. The average Bonchev–Trinajstić information content (AvgIpc) is 3.03. The second-order valence-corrected chi connectivity index (χ2v) is 6.59. The molecular weight excluding hydrogens is 326 g/mol. The standard InChI is InChI=1S/C21H21N3O2/c25-20(23-17-10-6-12-22-21(17)26)14-24-18-11-5-4-9-16(18)13-19(24)15-7-2-1-3-8-15/h1-5,7-9,11,13,17H,6,10,12,14H2,(H,22,26)(H,23,25)/t17-/m0/s1. The number of benzene rings is 2.